The lowest BCUT2D eigenvalue weighted by Crippen LogP contribution is -2.46. The predicted molar refractivity (Wildman–Crippen MR) is 91.1 cm³/mol. The fraction of sp³-hybridized carbons (Fsp3) is 0.450. The lowest BCUT2D eigenvalue weighted by atomic mass is 9.83. The lowest BCUT2D eigenvalue weighted by Gasteiger charge is -2.39. The molecule has 3 aliphatic rings. The number of carbonyl (C=O) groups excluding carboxylic acids is 1. The second kappa shape index (κ2) is 5.40. The zero-order chi connectivity index (χ0) is 16.1. The van der Waals surface area contributed by atoms with Crippen LogP contribution < -0.4 is 0 Å². The minimum absolute atomic E-state index is 0.205. The number of hydrogen-bond acceptors (Lipinski definition) is 3. The van der Waals surface area contributed by atoms with Crippen LogP contribution in [0.4, 0.5) is 0 Å². The molecule has 5 rings (SSSR count). The predicted octanol–water partition coefficient (Wildman–Crippen LogP) is 3.53. The monoisotopic (exact) mass is 319 g/mol. The van der Waals surface area contributed by atoms with Crippen LogP contribution >= 0.6 is 0 Å². The van der Waals surface area contributed by atoms with Gasteiger partial charge in [0, 0.05) is 35.7 Å². The summed E-state index contributed by atoms with van der Waals surface area (Å²) in [7, 11) is 0. The summed E-state index contributed by atoms with van der Waals surface area (Å²) in [6, 6.07) is 10.7. The number of rotatable bonds is 2. The fourth-order valence-corrected chi connectivity index (χ4v) is 4.41. The third kappa shape index (κ3) is 2.09. The molecule has 0 N–H and O–H groups in total. The van der Waals surface area contributed by atoms with E-state index in [0.29, 0.717) is 11.9 Å². The molecule has 3 heterocycles. The highest BCUT2D eigenvalue weighted by atomic mass is 16.2. The maximum Gasteiger partial charge on any atom is 0.226 e. The smallest absolute Gasteiger partial charge is 0.226 e. The molecule has 1 aromatic carbocycles. The SMILES string of the molecule is O=C(C1CCC1)N1[C@H]2CC[C@@H]1c1cnc(-c3ccccc3)nc1C2. The minimum Gasteiger partial charge on any atom is -0.332 e. The summed E-state index contributed by atoms with van der Waals surface area (Å²) in [5.41, 5.74) is 3.38. The van der Waals surface area contributed by atoms with Crippen molar-refractivity contribution in [1.29, 1.82) is 0 Å². The van der Waals surface area contributed by atoms with Crippen LogP contribution in [0, 0.1) is 5.92 Å². The molecule has 0 spiro atoms. The van der Waals surface area contributed by atoms with Gasteiger partial charge in [-0.2, -0.15) is 0 Å². The van der Waals surface area contributed by atoms with Gasteiger partial charge in [0.15, 0.2) is 5.82 Å². The molecule has 1 aromatic heterocycles. The van der Waals surface area contributed by atoms with Crippen molar-refractivity contribution in [2.45, 2.75) is 50.6 Å². The lowest BCUT2D eigenvalue weighted by molar-refractivity contribution is -0.141. The molecule has 2 atom stereocenters. The van der Waals surface area contributed by atoms with E-state index in [1.54, 1.807) is 0 Å². The molecular weight excluding hydrogens is 298 g/mol. The molecule has 2 aromatic rings. The van der Waals surface area contributed by atoms with E-state index in [4.69, 9.17) is 4.98 Å². The molecule has 122 valence electrons. The Morgan fingerprint density at radius 3 is 2.67 bits per heavy atom. The van der Waals surface area contributed by atoms with Crippen LogP contribution in [-0.4, -0.2) is 26.8 Å². The molecule has 4 heteroatoms. The van der Waals surface area contributed by atoms with Crippen molar-refractivity contribution in [2.75, 3.05) is 0 Å². The normalized spacial score (nSPS) is 25.2. The Balaban J connectivity index is 1.49. The van der Waals surface area contributed by atoms with Crippen molar-refractivity contribution in [3.05, 3.63) is 47.8 Å². The van der Waals surface area contributed by atoms with E-state index < -0.39 is 0 Å². The number of nitrogens with zero attached hydrogens (tertiary/aromatic N) is 3. The van der Waals surface area contributed by atoms with Gasteiger partial charge in [-0.15, -0.1) is 0 Å². The first-order valence-corrected chi connectivity index (χ1v) is 9.04. The van der Waals surface area contributed by atoms with Crippen molar-refractivity contribution < 1.29 is 4.79 Å². The Morgan fingerprint density at radius 2 is 1.92 bits per heavy atom. The van der Waals surface area contributed by atoms with Crippen LogP contribution in [-0.2, 0) is 11.2 Å². The van der Waals surface area contributed by atoms with Gasteiger partial charge >= 0.3 is 0 Å². The van der Waals surface area contributed by atoms with Gasteiger partial charge in [-0.1, -0.05) is 36.8 Å². The van der Waals surface area contributed by atoms with E-state index in [0.717, 1.165) is 49.2 Å². The van der Waals surface area contributed by atoms with Crippen molar-refractivity contribution in [3.8, 4) is 11.4 Å². The third-order valence-electron chi connectivity index (χ3n) is 5.93. The van der Waals surface area contributed by atoms with Crippen LogP contribution in [0.2, 0.25) is 0 Å². The van der Waals surface area contributed by atoms with Crippen molar-refractivity contribution in [1.82, 2.24) is 14.9 Å². The molecule has 4 nitrogen and oxygen atoms in total. The molecule has 1 saturated carbocycles. The van der Waals surface area contributed by atoms with Crippen LogP contribution in [0.1, 0.15) is 49.4 Å². The standard InChI is InChI=1S/C20H21N3O/c24-20(14-7-4-8-14)23-15-9-10-18(23)16-12-21-19(22-17(16)11-15)13-5-2-1-3-6-13/h1-3,5-6,12,14-15,18H,4,7-11H2/t15-,18+/m0/s1. The maximum absolute atomic E-state index is 12.8. The van der Waals surface area contributed by atoms with Crippen LogP contribution in [0.15, 0.2) is 36.5 Å². The van der Waals surface area contributed by atoms with Gasteiger partial charge in [0.05, 0.1) is 11.7 Å². The highest BCUT2D eigenvalue weighted by molar-refractivity contribution is 5.81. The molecule has 1 aliphatic carbocycles. The summed E-state index contributed by atoms with van der Waals surface area (Å²) in [4.78, 5) is 24.5. The molecule has 2 bridgehead atoms. The van der Waals surface area contributed by atoms with Gasteiger partial charge in [0.25, 0.3) is 0 Å². The number of aromatic nitrogens is 2. The van der Waals surface area contributed by atoms with Crippen LogP contribution in [0.5, 0.6) is 0 Å². The zero-order valence-electron chi connectivity index (χ0n) is 13.7. The number of fused-ring (bicyclic) bond motifs is 4. The summed E-state index contributed by atoms with van der Waals surface area (Å²) in [6.07, 6.45) is 8.37. The Hall–Kier alpha value is -2.23. The van der Waals surface area contributed by atoms with Gasteiger partial charge in [-0.3, -0.25) is 4.79 Å². The average Bonchev–Trinajstić information content (AvgIpc) is 2.89. The van der Waals surface area contributed by atoms with E-state index >= 15 is 0 Å². The van der Waals surface area contributed by atoms with Gasteiger partial charge in [-0.25, -0.2) is 9.97 Å². The van der Waals surface area contributed by atoms with Crippen molar-refractivity contribution >= 4 is 5.91 Å². The molecular formula is C20H21N3O. The Morgan fingerprint density at radius 1 is 1.08 bits per heavy atom. The second-order valence-corrected chi connectivity index (χ2v) is 7.29. The van der Waals surface area contributed by atoms with Crippen molar-refractivity contribution in [3.63, 3.8) is 0 Å². The highest BCUT2D eigenvalue weighted by Gasteiger charge is 2.45. The molecule has 0 unspecified atom stereocenters. The number of amides is 1. The highest BCUT2D eigenvalue weighted by Crippen LogP contribution is 2.45. The topological polar surface area (TPSA) is 46.1 Å². The van der Waals surface area contributed by atoms with E-state index in [9.17, 15) is 4.79 Å². The molecule has 2 fully saturated rings. The number of benzene rings is 1. The van der Waals surface area contributed by atoms with Gasteiger partial charge in [0.1, 0.15) is 0 Å². The first kappa shape index (κ1) is 14.1. The fourth-order valence-electron chi connectivity index (χ4n) is 4.41. The molecule has 24 heavy (non-hydrogen) atoms. The Labute approximate surface area is 141 Å². The molecule has 2 aliphatic heterocycles. The quantitative estimate of drug-likeness (QED) is 0.850. The number of carbonyl (C=O) groups is 1. The second-order valence-electron chi connectivity index (χ2n) is 7.29. The molecule has 1 amide bonds. The summed E-state index contributed by atoms with van der Waals surface area (Å²) in [6.45, 7) is 0. The number of hydrogen-bond donors (Lipinski definition) is 0. The Bertz CT molecular complexity index is 785. The average molecular weight is 319 g/mol. The summed E-state index contributed by atoms with van der Waals surface area (Å²) in [5, 5.41) is 0. The van der Waals surface area contributed by atoms with E-state index in [1.165, 1.54) is 12.0 Å². The summed E-state index contributed by atoms with van der Waals surface area (Å²) < 4.78 is 0. The third-order valence-corrected chi connectivity index (χ3v) is 5.93. The van der Waals surface area contributed by atoms with Gasteiger partial charge < -0.3 is 4.90 Å². The summed E-state index contributed by atoms with van der Waals surface area (Å²) >= 11 is 0. The van der Waals surface area contributed by atoms with Crippen LogP contribution in [0.25, 0.3) is 11.4 Å². The van der Waals surface area contributed by atoms with Crippen molar-refractivity contribution in [2.24, 2.45) is 5.92 Å². The first-order valence-electron chi connectivity index (χ1n) is 9.04. The largest absolute Gasteiger partial charge is 0.332 e. The summed E-state index contributed by atoms with van der Waals surface area (Å²) in [5.74, 6) is 1.46. The van der Waals surface area contributed by atoms with Gasteiger partial charge in [0.2, 0.25) is 5.91 Å². The minimum atomic E-state index is 0.205. The first-order chi connectivity index (χ1) is 11.8. The molecule has 1 saturated heterocycles. The van der Waals surface area contributed by atoms with E-state index in [2.05, 4.69) is 9.88 Å². The van der Waals surface area contributed by atoms with Crippen LogP contribution in [0.3, 0.4) is 0 Å². The van der Waals surface area contributed by atoms with E-state index in [-0.39, 0.29) is 12.0 Å². The Kier molecular flexibility index (Phi) is 3.18. The van der Waals surface area contributed by atoms with E-state index in [1.807, 2.05) is 36.5 Å². The zero-order valence-corrected chi connectivity index (χ0v) is 13.7. The van der Waals surface area contributed by atoms with Gasteiger partial charge in [-0.05, 0) is 25.7 Å². The maximum atomic E-state index is 12.8. The molecule has 0 radical (unpaired) electrons.